The summed E-state index contributed by atoms with van der Waals surface area (Å²) in [6.45, 7) is 8.87. The Bertz CT molecular complexity index is 362. The smallest absolute Gasteiger partial charge is 0.330 e. The number of aliphatic hydroxyl groups excluding tert-OH is 2. The lowest BCUT2D eigenvalue weighted by Crippen LogP contribution is -2.29. The van der Waals surface area contributed by atoms with Crippen LogP contribution in [0.25, 0.3) is 0 Å². The molecule has 0 aliphatic rings. The van der Waals surface area contributed by atoms with Gasteiger partial charge < -0.3 is 24.4 Å². The van der Waals surface area contributed by atoms with Gasteiger partial charge in [0.2, 0.25) is 0 Å². The lowest BCUT2D eigenvalue weighted by atomic mass is 10.4. The van der Waals surface area contributed by atoms with Crippen molar-refractivity contribution in [1.29, 1.82) is 0 Å². The largest absolute Gasteiger partial charge is 0.458 e. The summed E-state index contributed by atoms with van der Waals surface area (Å²) in [5.74, 6) is -2.07. The van der Waals surface area contributed by atoms with Crippen LogP contribution in [0.15, 0.2) is 38.0 Å². The molecule has 0 spiro atoms. The van der Waals surface area contributed by atoms with E-state index in [1.54, 1.807) is 0 Å². The van der Waals surface area contributed by atoms with Gasteiger partial charge in [-0.15, -0.1) is 0 Å². The van der Waals surface area contributed by atoms with Crippen molar-refractivity contribution in [2.45, 2.75) is 6.10 Å². The molecule has 0 heterocycles. The molecule has 0 saturated carbocycles. The van der Waals surface area contributed by atoms with Crippen molar-refractivity contribution in [2.24, 2.45) is 0 Å². The number of hydrogen-bond acceptors (Lipinski definition) is 8. The number of carbonyl (C=O) groups is 3. The number of aliphatic hydroxyl groups is 2. The second kappa shape index (κ2) is 14.9. The lowest BCUT2D eigenvalue weighted by Gasteiger charge is -2.16. The lowest BCUT2D eigenvalue weighted by molar-refractivity contribution is -0.160. The predicted molar refractivity (Wildman–Crippen MR) is 76.6 cm³/mol. The summed E-state index contributed by atoms with van der Waals surface area (Å²) in [6.07, 6.45) is 1.95. The molecule has 8 heteroatoms. The molecule has 8 nitrogen and oxygen atoms in total. The van der Waals surface area contributed by atoms with Crippen molar-refractivity contribution in [3.8, 4) is 0 Å². The molecule has 0 bridgehead atoms. The summed E-state index contributed by atoms with van der Waals surface area (Å²) in [5.41, 5.74) is 0. The van der Waals surface area contributed by atoms with Crippen molar-refractivity contribution in [2.75, 3.05) is 26.4 Å². The molecule has 2 N–H and O–H groups in total. The van der Waals surface area contributed by atoms with Gasteiger partial charge in [0.1, 0.15) is 13.2 Å². The molecule has 0 aromatic rings. The van der Waals surface area contributed by atoms with E-state index >= 15 is 0 Å². The van der Waals surface area contributed by atoms with Crippen molar-refractivity contribution < 1.29 is 38.8 Å². The summed E-state index contributed by atoms with van der Waals surface area (Å²) >= 11 is 0. The van der Waals surface area contributed by atoms with Crippen LogP contribution in [0.2, 0.25) is 0 Å². The summed E-state index contributed by atoms with van der Waals surface area (Å²) in [7, 11) is 0. The molecule has 0 radical (unpaired) electrons. The van der Waals surface area contributed by atoms with E-state index in [9.17, 15) is 14.4 Å². The topological polar surface area (TPSA) is 119 Å². The Labute approximate surface area is 128 Å². The van der Waals surface area contributed by atoms with Gasteiger partial charge in [0.15, 0.2) is 6.10 Å². The van der Waals surface area contributed by atoms with Crippen LogP contribution in [0, 0.1) is 0 Å². The van der Waals surface area contributed by atoms with Gasteiger partial charge in [-0.2, -0.15) is 0 Å². The minimum Gasteiger partial charge on any atom is -0.458 e. The number of esters is 3. The molecule has 0 unspecified atom stereocenters. The van der Waals surface area contributed by atoms with E-state index in [-0.39, 0.29) is 26.4 Å². The molecule has 0 amide bonds. The first-order valence-corrected chi connectivity index (χ1v) is 6.08. The zero-order valence-corrected chi connectivity index (χ0v) is 12.1. The highest BCUT2D eigenvalue weighted by Crippen LogP contribution is 1.98. The summed E-state index contributed by atoms with van der Waals surface area (Å²) < 4.78 is 14.2. The van der Waals surface area contributed by atoms with Crippen molar-refractivity contribution in [1.82, 2.24) is 0 Å². The molecule has 22 heavy (non-hydrogen) atoms. The average molecular weight is 316 g/mol. The van der Waals surface area contributed by atoms with Crippen LogP contribution < -0.4 is 0 Å². The third-order valence-corrected chi connectivity index (χ3v) is 1.71. The van der Waals surface area contributed by atoms with Crippen LogP contribution in [-0.4, -0.2) is 60.7 Å². The van der Waals surface area contributed by atoms with Crippen LogP contribution in [0.4, 0.5) is 0 Å². The Balaban J connectivity index is 0. The van der Waals surface area contributed by atoms with Gasteiger partial charge >= 0.3 is 17.9 Å². The van der Waals surface area contributed by atoms with Gasteiger partial charge in [0.25, 0.3) is 0 Å². The molecule has 0 aromatic heterocycles. The van der Waals surface area contributed by atoms with Gasteiger partial charge in [-0.1, -0.05) is 19.7 Å². The second-order valence-electron chi connectivity index (χ2n) is 3.38. The van der Waals surface area contributed by atoms with Gasteiger partial charge in [-0.05, 0) is 0 Å². The number of rotatable bonds is 9. The summed E-state index contributed by atoms with van der Waals surface area (Å²) in [5, 5.41) is 15.2. The molecule has 124 valence electrons. The maximum absolute atomic E-state index is 11.0. The SMILES string of the molecule is C=CC(=O)OCC(COC(=O)C=C)OC(=O)C=C.OCCO. The minimum atomic E-state index is -0.914. The van der Waals surface area contributed by atoms with E-state index in [0.717, 1.165) is 18.2 Å². The summed E-state index contributed by atoms with van der Waals surface area (Å²) in [4.78, 5) is 32.7. The van der Waals surface area contributed by atoms with Crippen LogP contribution in [0.1, 0.15) is 0 Å². The molecule has 0 aliphatic carbocycles. The number of ether oxygens (including phenoxy) is 3. The monoisotopic (exact) mass is 316 g/mol. The van der Waals surface area contributed by atoms with Gasteiger partial charge in [-0.25, -0.2) is 14.4 Å². The average Bonchev–Trinajstić information content (AvgIpc) is 2.56. The van der Waals surface area contributed by atoms with E-state index in [4.69, 9.17) is 14.9 Å². The van der Waals surface area contributed by atoms with Crippen LogP contribution >= 0.6 is 0 Å². The number of carbonyl (C=O) groups excluding carboxylic acids is 3. The zero-order chi connectivity index (χ0) is 17.4. The van der Waals surface area contributed by atoms with E-state index in [1.165, 1.54) is 0 Å². The Kier molecular flexibility index (Phi) is 14.8. The maximum atomic E-state index is 11.0. The van der Waals surface area contributed by atoms with Gasteiger partial charge in [0, 0.05) is 18.2 Å². The maximum Gasteiger partial charge on any atom is 0.330 e. The van der Waals surface area contributed by atoms with Crippen LogP contribution in [-0.2, 0) is 28.6 Å². The standard InChI is InChI=1S/C12H14O6.C2H6O2/c1-4-10(13)16-7-9(18-12(15)6-3)8-17-11(14)5-2;3-1-2-4/h4-6,9H,1-3,7-8H2;3-4H,1-2H2. The minimum absolute atomic E-state index is 0.125. The van der Waals surface area contributed by atoms with Crippen molar-refractivity contribution in [3.05, 3.63) is 38.0 Å². The van der Waals surface area contributed by atoms with E-state index < -0.39 is 24.0 Å². The molecule has 0 saturated heterocycles. The zero-order valence-electron chi connectivity index (χ0n) is 12.1. The Hall–Kier alpha value is -2.45. The van der Waals surface area contributed by atoms with Crippen LogP contribution in [0.3, 0.4) is 0 Å². The first kappa shape index (κ1) is 21.8. The molecule has 0 rings (SSSR count). The highest BCUT2D eigenvalue weighted by atomic mass is 16.6. The van der Waals surface area contributed by atoms with Crippen molar-refractivity contribution >= 4 is 17.9 Å². The highest BCUT2D eigenvalue weighted by molar-refractivity contribution is 5.82. The Morgan fingerprint density at radius 1 is 0.818 bits per heavy atom. The fourth-order valence-corrected chi connectivity index (χ4v) is 0.797. The third-order valence-electron chi connectivity index (χ3n) is 1.71. The van der Waals surface area contributed by atoms with E-state index in [2.05, 4.69) is 29.2 Å². The molecule has 0 aromatic carbocycles. The van der Waals surface area contributed by atoms with E-state index in [0.29, 0.717) is 0 Å². The molecular weight excluding hydrogens is 296 g/mol. The van der Waals surface area contributed by atoms with Gasteiger partial charge in [-0.3, -0.25) is 0 Å². The quantitative estimate of drug-likeness (QED) is 0.332. The van der Waals surface area contributed by atoms with Gasteiger partial charge in [0.05, 0.1) is 13.2 Å². The summed E-state index contributed by atoms with van der Waals surface area (Å²) in [6, 6.07) is 0. The fraction of sp³-hybridized carbons (Fsp3) is 0.357. The number of hydrogen-bond donors (Lipinski definition) is 2. The Morgan fingerprint density at radius 3 is 1.45 bits per heavy atom. The molecular formula is C14H20O8. The normalized spacial score (nSPS) is 8.86. The van der Waals surface area contributed by atoms with Crippen LogP contribution in [0.5, 0.6) is 0 Å². The van der Waals surface area contributed by atoms with Crippen molar-refractivity contribution in [3.63, 3.8) is 0 Å². The highest BCUT2D eigenvalue weighted by Gasteiger charge is 2.16. The Morgan fingerprint density at radius 2 is 1.18 bits per heavy atom. The third kappa shape index (κ3) is 14.0. The first-order valence-electron chi connectivity index (χ1n) is 6.08. The first-order chi connectivity index (χ1) is 10.4. The molecule has 0 fully saturated rings. The fourth-order valence-electron chi connectivity index (χ4n) is 0.797. The molecule has 0 aliphatic heterocycles. The molecule has 0 atom stereocenters. The predicted octanol–water partition coefficient (Wildman–Crippen LogP) is -0.486. The second-order valence-corrected chi connectivity index (χ2v) is 3.38. The van der Waals surface area contributed by atoms with E-state index in [1.807, 2.05) is 0 Å².